The van der Waals surface area contributed by atoms with Crippen molar-refractivity contribution in [1.29, 1.82) is 0 Å². The van der Waals surface area contributed by atoms with Gasteiger partial charge in [-0.1, -0.05) is 17.7 Å². The van der Waals surface area contributed by atoms with Gasteiger partial charge < -0.3 is 5.32 Å². The molecule has 0 aliphatic carbocycles. The molecule has 18 heavy (non-hydrogen) atoms. The van der Waals surface area contributed by atoms with E-state index in [9.17, 15) is 0 Å². The van der Waals surface area contributed by atoms with Crippen LogP contribution in [0, 0.1) is 6.92 Å². The molecule has 1 aromatic heterocycles. The third kappa shape index (κ3) is 2.41. The lowest BCUT2D eigenvalue weighted by molar-refractivity contribution is 0.584. The molecule has 5 heteroatoms. The van der Waals surface area contributed by atoms with E-state index in [0.29, 0.717) is 6.04 Å². The van der Waals surface area contributed by atoms with E-state index < -0.39 is 0 Å². The van der Waals surface area contributed by atoms with Crippen molar-refractivity contribution in [2.75, 3.05) is 6.54 Å². The zero-order valence-corrected chi connectivity index (χ0v) is 10.5. The second-order valence-electron chi connectivity index (χ2n) is 4.83. The van der Waals surface area contributed by atoms with E-state index in [1.54, 1.807) is 4.80 Å². The number of benzene rings is 1. The van der Waals surface area contributed by atoms with Crippen molar-refractivity contribution in [3.63, 3.8) is 0 Å². The molecule has 1 fully saturated rings. The van der Waals surface area contributed by atoms with Crippen molar-refractivity contribution in [3.05, 3.63) is 35.7 Å². The third-order valence-electron chi connectivity index (χ3n) is 3.31. The molecule has 2 heterocycles. The van der Waals surface area contributed by atoms with Crippen LogP contribution in [0.5, 0.6) is 0 Å². The number of nitrogens with zero attached hydrogens (tertiary/aromatic N) is 4. The van der Waals surface area contributed by atoms with Crippen LogP contribution in [-0.4, -0.2) is 32.8 Å². The first kappa shape index (κ1) is 11.3. The van der Waals surface area contributed by atoms with Crippen molar-refractivity contribution >= 4 is 0 Å². The van der Waals surface area contributed by atoms with Crippen LogP contribution in [0.15, 0.2) is 24.3 Å². The Morgan fingerprint density at radius 2 is 2.17 bits per heavy atom. The zero-order valence-electron chi connectivity index (χ0n) is 10.5. The van der Waals surface area contributed by atoms with Gasteiger partial charge in [0, 0.05) is 12.5 Å². The molecular weight excluding hydrogens is 226 g/mol. The van der Waals surface area contributed by atoms with Gasteiger partial charge in [-0.25, -0.2) is 0 Å². The van der Waals surface area contributed by atoms with Crippen LogP contribution in [0.4, 0.5) is 0 Å². The second kappa shape index (κ2) is 4.86. The predicted octanol–water partition coefficient (Wildman–Crippen LogP) is 1.27. The molecule has 1 atom stereocenters. The van der Waals surface area contributed by atoms with Crippen LogP contribution in [-0.2, 0) is 6.42 Å². The van der Waals surface area contributed by atoms with Gasteiger partial charge in [0.05, 0.1) is 5.69 Å². The van der Waals surface area contributed by atoms with E-state index in [1.165, 1.54) is 18.4 Å². The molecule has 0 radical (unpaired) electrons. The number of aromatic nitrogens is 4. The first-order valence-electron chi connectivity index (χ1n) is 6.40. The average Bonchev–Trinajstić information content (AvgIpc) is 3.02. The van der Waals surface area contributed by atoms with Gasteiger partial charge in [0.1, 0.15) is 0 Å². The van der Waals surface area contributed by atoms with Crippen LogP contribution in [0.25, 0.3) is 5.69 Å². The van der Waals surface area contributed by atoms with Gasteiger partial charge in [0.25, 0.3) is 0 Å². The lowest BCUT2D eigenvalue weighted by Crippen LogP contribution is -2.24. The Morgan fingerprint density at radius 3 is 2.89 bits per heavy atom. The Kier molecular flexibility index (Phi) is 3.06. The maximum absolute atomic E-state index is 4.43. The van der Waals surface area contributed by atoms with Crippen molar-refractivity contribution in [3.8, 4) is 5.69 Å². The minimum absolute atomic E-state index is 0.515. The molecule has 1 unspecified atom stereocenters. The fourth-order valence-electron chi connectivity index (χ4n) is 2.26. The Bertz CT molecular complexity index is 510. The molecule has 1 N–H and O–H groups in total. The van der Waals surface area contributed by atoms with Crippen LogP contribution in [0.2, 0.25) is 0 Å². The lowest BCUT2D eigenvalue weighted by Gasteiger charge is -2.05. The smallest absolute Gasteiger partial charge is 0.176 e. The van der Waals surface area contributed by atoms with Crippen molar-refractivity contribution in [1.82, 2.24) is 25.5 Å². The van der Waals surface area contributed by atoms with E-state index in [1.807, 2.05) is 12.1 Å². The lowest BCUT2D eigenvalue weighted by atomic mass is 10.1. The molecule has 2 aromatic rings. The highest BCUT2D eigenvalue weighted by atomic mass is 15.6. The first-order chi connectivity index (χ1) is 8.81. The molecule has 1 saturated heterocycles. The summed E-state index contributed by atoms with van der Waals surface area (Å²) < 4.78 is 0. The summed E-state index contributed by atoms with van der Waals surface area (Å²) in [5.74, 6) is 0.815. The number of aryl methyl sites for hydroxylation is 1. The predicted molar refractivity (Wildman–Crippen MR) is 68.6 cm³/mol. The van der Waals surface area contributed by atoms with Gasteiger partial charge >= 0.3 is 0 Å². The number of tetrazole rings is 1. The van der Waals surface area contributed by atoms with E-state index in [0.717, 1.165) is 24.5 Å². The Morgan fingerprint density at radius 1 is 1.33 bits per heavy atom. The summed E-state index contributed by atoms with van der Waals surface area (Å²) >= 11 is 0. The molecule has 3 rings (SSSR count). The molecule has 0 saturated carbocycles. The summed E-state index contributed by atoms with van der Waals surface area (Å²) in [6, 6.07) is 8.64. The van der Waals surface area contributed by atoms with E-state index >= 15 is 0 Å². The highest BCUT2D eigenvalue weighted by Gasteiger charge is 2.17. The minimum atomic E-state index is 0.515. The fourth-order valence-corrected chi connectivity index (χ4v) is 2.26. The van der Waals surface area contributed by atoms with Crippen molar-refractivity contribution in [2.24, 2.45) is 0 Å². The molecule has 1 aromatic carbocycles. The van der Waals surface area contributed by atoms with Gasteiger partial charge in [-0.3, -0.25) is 0 Å². The number of hydrogen-bond acceptors (Lipinski definition) is 4. The molecule has 5 nitrogen and oxygen atoms in total. The number of rotatable bonds is 3. The molecule has 0 bridgehead atoms. The van der Waals surface area contributed by atoms with Crippen LogP contribution < -0.4 is 5.32 Å². The molecule has 0 spiro atoms. The van der Waals surface area contributed by atoms with Crippen LogP contribution in [0.3, 0.4) is 0 Å². The quantitative estimate of drug-likeness (QED) is 0.882. The van der Waals surface area contributed by atoms with Gasteiger partial charge in [-0.15, -0.1) is 15.0 Å². The zero-order chi connectivity index (χ0) is 12.4. The van der Waals surface area contributed by atoms with E-state index in [2.05, 4.69) is 39.8 Å². The maximum Gasteiger partial charge on any atom is 0.176 e. The molecule has 1 aliphatic rings. The SMILES string of the molecule is Cc1ccc(-n2nnc(CC3CCCN3)n2)cc1. The number of hydrogen-bond donors (Lipinski definition) is 1. The Balaban J connectivity index is 1.74. The van der Waals surface area contributed by atoms with E-state index in [-0.39, 0.29) is 0 Å². The first-order valence-corrected chi connectivity index (χ1v) is 6.40. The maximum atomic E-state index is 4.43. The fraction of sp³-hybridized carbons (Fsp3) is 0.462. The average molecular weight is 243 g/mol. The van der Waals surface area contributed by atoms with Gasteiger partial charge in [-0.05, 0) is 43.7 Å². The van der Waals surface area contributed by atoms with Crippen molar-refractivity contribution < 1.29 is 0 Å². The highest BCUT2D eigenvalue weighted by Crippen LogP contribution is 2.10. The summed E-state index contributed by atoms with van der Waals surface area (Å²) in [6.45, 7) is 3.17. The number of nitrogens with one attached hydrogen (secondary N) is 1. The third-order valence-corrected chi connectivity index (χ3v) is 3.31. The molecular formula is C13H17N5. The van der Waals surface area contributed by atoms with Gasteiger partial charge in [-0.2, -0.15) is 0 Å². The monoisotopic (exact) mass is 243 g/mol. The standard InChI is InChI=1S/C13H17N5/c1-10-4-6-12(7-5-10)18-16-13(15-17-18)9-11-3-2-8-14-11/h4-7,11,14H,2-3,8-9H2,1H3. The Hall–Kier alpha value is -1.75. The normalized spacial score (nSPS) is 19.3. The summed E-state index contributed by atoms with van der Waals surface area (Å²) in [5.41, 5.74) is 2.19. The summed E-state index contributed by atoms with van der Waals surface area (Å²) in [6.07, 6.45) is 3.32. The van der Waals surface area contributed by atoms with E-state index in [4.69, 9.17) is 0 Å². The summed E-state index contributed by atoms with van der Waals surface area (Å²) in [5, 5.41) is 16.1. The van der Waals surface area contributed by atoms with Gasteiger partial charge in [0.2, 0.25) is 0 Å². The minimum Gasteiger partial charge on any atom is -0.314 e. The van der Waals surface area contributed by atoms with Gasteiger partial charge in [0.15, 0.2) is 5.82 Å². The summed E-state index contributed by atoms with van der Waals surface area (Å²) in [7, 11) is 0. The molecule has 94 valence electrons. The van der Waals surface area contributed by atoms with Crippen molar-refractivity contribution in [2.45, 2.75) is 32.2 Å². The molecule has 1 aliphatic heterocycles. The summed E-state index contributed by atoms with van der Waals surface area (Å²) in [4.78, 5) is 1.60. The second-order valence-corrected chi connectivity index (χ2v) is 4.83. The highest BCUT2D eigenvalue weighted by molar-refractivity contribution is 5.31. The topological polar surface area (TPSA) is 55.6 Å². The van der Waals surface area contributed by atoms with Crippen LogP contribution in [0.1, 0.15) is 24.2 Å². The largest absolute Gasteiger partial charge is 0.314 e. The Labute approximate surface area is 106 Å². The molecule has 0 amide bonds. The van der Waals surface area contributed by atoms with Crippen LogP contribution >= 0.6 is 0 Å².